The Bertz CT molecular complexity index is 648. The Morgan fingerprint density at radius 1 is 1.04 bits per heavy atom. The van der Waals surface area contributed by atoms with Crippen molar-refractivity contribution in [2.24, 2.45) is 5.92 Å². The number of amides is 2. The molecule has 0 bridgehead atoms. The van der Waals surface area contributed by atoms with E-state index in [1.165, 1.54) is 6.42 Å². The summed E-state index contributed by atoms with van der Waals surface area (Å²) in [6.07, 6.45) is 7.46. The van der Waals surface area contributed by atoms with Gasteiger partial charge in [-0.25, -0.2) is 0 Å². The molecule has 3 fully saturated rings. The minimum Gasteiger partial charge on any atom is -0.350 e. The van der Waals surface area contributed by atoms with Crippen molar-refractivity contribution < 1.29 is 9.59 Å². The van der Waals surface area contributed by atoms with Crippen molar-refractivity contribution in [1.29, 1.82) is 0 Å². The number of hydrogen-bond donors (Lipinski definition) is 2. The Kier molecular flexibility index (Phi) is 6.77. The van der Waals surface area contributed by atoms with Crippen LogP contribution in [0.3, 0.4) is 0 Å². The van der Waals surface area contributed by atoms with Crippen LogP contribution in [0.5, 0.6) is 0 Å². The molecule has 2 N–H and O–H groups in total. The Labute approximate surface area is 167 Å². The second kappa shape index (κ2) is 9.07. The van der Waals surface area contributed by atoms with Crippen molar-refractivity contribution in [2.45, 2.75) is 63.1 Å². The van der Waals surface area contributed by atoms with Gasteiger partial charge in [0.05, 0.1) is 0 Å². The number of nitrogens with zero attached hydrogens (tertiary/aromatic N) is 1. The average Bonchev–Trinajstić information content (AvgIpc) is 3.08. The molecule has 5 nitrogen and oxygen atoms in total. The highest BCUT2D eigenvalue weighted by Gasteiger charge is 2.47. The summed E-state index contributed by atoms with van der Waals surface area (Å²) in [7, 11) is 0. The van der Waals surface area contributed by atoms with Crippen LogP contribution < -0.4 is 10.6 Å². The summed E-state index contributed by atoms with van der Waals surface area (Å²) >= 11 is 0. The zero-order chi connectivity index (χ0) is 17.9. The summed E-state index contributed by atoms with van der Waals surface area (Å²) in [6.45, 7) is 1.86. The number of rotatable bonds is 3. The van der Waals surface area contributed by atoms with Crippen LogP contribution in [0.25, 0.3) is 0 Å². The maximum Gasteiger partial charge on any atom is 0.254 e. The number of fused-ring (bicyclic) bond motifs is 1. The van der Waals surface area contributed by atoms with Crippen molar-refractivity contribution in [2.75, 3.05) is 13.1 Å². The molecular weight excluding hydrogens is 362 g/mol. The van der Waals surface area contributed by atoms with E-state index in [1.54, 1.807) is 0 Å². The molecule has 27 heavy (non-hydrogen) atoms. The lowest BCUT2D eigenvalue weighted by atomic mass is 9.84. The lowest BCUT2D eigenvalue weighted by molar-refractivity contribution is -0.126. The number of carbonyl (C=O) groups excluding carboxylic acids is 2. The van der Waals surface area contributed by atoms with E-state index in [-0.39, 0.29) is 42.3 Å². The number of likely N-dealkylation sites (tertiary alicyclic amines) is 1. The quantitative estimate of drug-likeness (QED) is 0.832. The van der Waals surface area contributed by atoms with Gasteiger partial charge in [-0.15, -0.1) is 12.4 Å². The third-order valence-corrected chi connectivity index (χ3v) is 6.29. The monoisotopic (exact) mass is 391 g/mol. The van der Waals surface area contributed by atoms with Gasteiger partial charge in [0, 0.05) is 24.2 Å². The maximum absolute atomic E-state index is 13.2. The molecule has 0 spiro atoms. The molecule has 2 aliphatic heterocycles. The number of nitrogens with one attached hydrogen (secondary N) is 2. The summed E-state index contributed by atoms with van der Waals surface area (Å²) in [5.74, 6) is 0.524. The molecule has 1 saturated carbocycles. The molecule has 1 aliphatic carbocycles. The summed E-state index contributed by atoms with van der Waals surface area (Å²) in [5.41, 5.74) is 0.691. The molecule has 2 amide bonds. The van der Waals surface area contributed by atoms with E-state index in [4.69, 9.17) is 0 Å². The van der Waals surface area contributed by atoms with Gasteiger partial charge in [-0.05, 0) is 56.7 Å². The second-order valence-electron chi connectivity index (χ2n) is 7.99. The van der Waals surface area contributed by atoms with Gasteiger partial charge >= 0.3 is 0 Å². The van der Waals surface area contributed by atoms with E-state index >= 15 is 0 Å². The molecule has 4 atom stereocenters. The fraction of sp³-hybridized carbons (Fsp3) is 0.619. The van der Waals surface area contributed by atoms with Crippen molar-refractivity contribution >= 4 is 24.2 Å². The molecule has 3 aliphatic rings. The van der Waals surface area contributed by atoms with E-state index in [2.05, 4.69) is 10.6 Å². The van der Waals surface area contributed by atoms with Gasteiger partial charge in [0.15, 0.2) is 0 Å². The highest BCUT2D eigenvalue weighted by atomic mass is 35.5. The topological polar surface area (TPSA) is 61.4 Å². The summed E-state index contributed by atoms with van der Waals surface area (Å²) in [6, 6.07) is 9.51. The Morgan fingerprint density at radius 3 is 2.56 bits per heavy atom. The van der Waals surface area contributed by atoms with Gasteiger partial charge in [-0.1, -0.05) is 31.0 Å². The van der Waals surface area contributed by atoms with Crippen molar-refractivity contribution in [3.05, 3.63) is 35.9 Å². The molecule has 1 aromatic carbocycles. The molecule has 148 valence electrons. The van der Waals surface area contributed by atoms with E-state index in [0.717, 1.165) is 51.6 Å². The van der Waals surface area contributed by atoms with Gasteiger partial charge in [0.2, 0.25) is 5.91 Å². The zero-order valence-electron chi connectivity index (χ0n) is 15.7. The number of halogens is 1. The summed E-state index contributed by atoms with van der Waals surface area (Å²) < 4.78 is 0. The van der Waals surface area contributed by atoms with Crippen LogP contribution in [0.2, 0.25) is 0 Å². The number of benzene rings is 1. The van der Waals surface area contributed by atoms with Crippen molar-refractivity contribution in [3.63, 3.8) is 0 Å². The van der Waals surface area contributed by atoms with Crippen LogP contribution in [-0.4, -0.2) is 47.9 Å². The lowest BCUT2D eigenvalue weighted by Gasteiger charge is -2.34. The summed E-state index contributed by atoms with van der Waals surface area (Å²) in [5, 5.41) is 6.56. The minimum atomic E-state index is -0.322. The average molecular weight is 392 g/mol. The Balaban J connectivity index is 0.00000210. The van der Waals surface area contributed by atoms with Crippen LogP contribution in [0.4, 0.5) is 0 Å². The predicted molar refractivity (Wildman–Crippen MR) is 108 cm³/mol. The standard InChI is InChI=1S/C21H29N3O2.ClH/c25-20(23-17-10-6-12-22-14-17)19-13-16-9-4-5-11-18(16)24(19)21(26)15-7-2-1-3-8-15;/h1-3,7-8,16-19,22H,4-6,9-14H2,(H,23,25);1H. The van der Waals surface area contributed by atoms with Crippen LogP contribution in [0, 0.1) is 5.92 Å². The van der Waals surface area contributed by atoms with Gasteiger partial charge in [0.25, 0.3) is 5.91 Å². The smallest absolute Gasteiger partial charge is 0.254 e. The highest BCUT2D eigenvalue weighted by Crippen LogP contribution is 2.40. The normalized spacial score (nSPS) is 30.1. The lowest BCUT2D eigenvalue weighted by Crippen LogP contribution is -2.54. The minimum absolute atomic E-state index is 0. The first-order valence-corrected chi connectivity index (χ1v) is 10.1. The molecule has 1 aromatic rings. The molecule has 4 unspecified atom stereocenters. The zero-order valence-corrected chi connectivity index (χ0v) is 16.5. The molecule has 2 saturated heterocycles. The first-order valence-electron chi connectivity index (χ1n) is 10.1. The fourth-order valence-electron chi connectivity index (χ4n) is 4.99. The number of hydrogen-bond acceptors (Lipinski definition) is 3. The molecule has 2 heterocycles. The van der Waals surface area contributed by atoms with E-state index in [1.807, 2.05) is 35.2 Å². The van der Waals surface area contributed by atoms with Crippen LogP contribution in [-0.2, 0) is 4.79 Å². The van der Waals surface area contributed by atoms with Gasteiger partial charge in [-0.2, -0.15) is 0 Å². The largest absolute Gasteiger partial charge is 0.350 e. The van der Waals surface area contributed by atoms with E-state index in [0.29, 0.717) is 11.5 Å². The second-order valence-corrected chi connectivity index (χ2v) is 7.99. The maximum atomic E-state index is 13.2. The van der Waals surface area contributed by atoms with E-state index in [9.17, 15) is 9.59 Å². The highest BCUT2D eigenvalue weighted by molar-refractivity contribution is 5.98. The molecular formula is C21H30ClN3O2. The molecule has 4 rings (SSSR count). The first kappa shape index (κ1) is 20.2. The van der Waals surface area contributed by atoms with Crippen LogP contribution in [0.15, 0.2) is 30.3 Å². The Hall–Kier alpha value is -1.59. The summed E-state index contributed by atoms with van der Waals surface area (Å²) in [4.78, 5) is 28.2. The van der Waals surface area contributed by atoms with Gasteiger partial charge < -0.3 is 15.5 Å². The number of carbonyl (C=O) groups is 2. The van der Waals surface area contributed by atoms with E-state index < -0.39 is 0 Å². The number of piperidine rings is 1. The Morgan fingerprint density at radius 2 is 1.81 bits per heavy atom. The van der Waals surface area contributed by atoms with Crippen LogP contribution in [0.1, 0.15) is 55.3 Å². The molecule has 0 radical (unpaired) electrons. The first-order chi connectivity index (χ1) is 12.7. The molecule has 0 aromatic heterocycles. The van der Waals surface area contributed by atoms with Crippen molar-refractivity contribution in [3.8, 4) is 0 Å². The predicted octanol–water partition coefficient (Wildman–Crippen LogP) is 2.75. The van der Waals surface area contributed by atoms with Gasteiger partial charge in [-0.3, -0.25) is 9.59 Å². The van der Waals surface area contributed by atoms with Crippen LogP contribution >= 0.6 is 12.4 Å². The molecule has 6 heteroatoms. The third-order valence-electron chi connectivity index (χ3n) is 6.29. The third kappa shape index (κ3) is 4.30. The SMILES string of the molecule is Cl.O=C(NC1CCCNC1)C1CC2CCCCC2N1C(=O)c1ccccc1. The van der Waals surface area contributed by atoms with Crippen molar-refractivity contribution in [1.82, 2.24) is 15.5 Å². The van der Waals surface area contributed by atoms with Gasteiger partial charge in [0.1, 0.15) is 6.04 Å². The fourth-order valence-corrected chi connectivity index (χ4v) is 4.99.